The largest absolute Gasteiger partial charge is 0.490 e. The lowest BCUT2D eigenvalue weighted by atomic mass is 9.98. The summed E-state index contributed by atoms with van der Waals surface area (Å²) in [6.07, 6.45) is 20.4. The molecule has 0 aliphatic heterocycles. The highest BCUT2D eigenvalue weighted by molar-refractivity contribution is 5.90. The summed E-state index contributed by atoms with van der Waals surface area (Å²) in [6, 6.07) is 7.26. The topological polar surface area (TPSA) is 87.6 Å². The smallest absolute Gasteiger partial charge is 0.338 e. The Balaban J connectivity index is 1.23. The molecule has 1 aromatic carbocycles. The van der Waals surface area contributed by atoms with Gasteiger partial charge < -0.3 is 14.2 Å². The molecule has 0 saturated heterocycles. The fourth-order valence-electron chi connectivity index (χ4n) is 4.56. The van der Waals surface area contributed by atoms with Crippen molar-refractivity contribution in [2.24, 2.45) is 0 Å². The van der Waals surface area contributed by atoms with Gasteiger partial charge in [0.1, 0.15) is 6.10 Å². The van der Waals surface area contributed by atoms with Crippen LogP contribution in [0.15, 0.2) is 49.3 Å². The van der Waals surface area contributed by atoms with E-state index in [1.807, 2.05) is 12.1 Å². The maximum atomic E-state index is 12.4. The van der Waals surface area contributed by atoms with Crippen molar-refractivity contribution in [1.29, 1.82) is 0 Å². The van der Waals surface area contributed by atoms with E-state index in [0.717, 1.165) is 56.9 Å². The van der Waals surface area contributed by atoms with Crippen LogP contribution in [-0.2, 0) is 14.3 Å². The average molecular weight is 523 g/mol. The van der Waals surface area contributed by atoms with Crippen LogP contribution in [0.25, 0.3) is 11.4 Å². The Morgan fingerprint density at radius 3 is 2.00 bits per heavy atom. The Bertz CT molecular complexity index is 969. The number of carbonyl (C=O) groups is 2. The van der Waals surface area contributed by atoms with E-state index >= 15 is 0 Å². The van der Waals surface area contributed by atoms with Crippen molar-refractivity contribution in [3.05, 3.63) is 54.9 Å². The second kappa shape index (κ2) is 17.3. The number of rotatable bonds is 17. The van der Waals surface area contributed by atoms with Gasteiger partial charge in [0, 0.05) is 11.6 Å². The monoisotopic (exact) mass is 522 g/mol. The summed E-state index contributed by atoms with van der Waals surface area (Å²) in [6.45, 7) is 4.53. The first-order valence-corrected chi connectivity index (χ1v) is 14.2. The van der Waals surface area contributed by atoms with Crippen molar-refractivity contribution in [1.82, 2.24) is 9.97 Å². The fraction of sp³-hybridized carbons (Fsp3) is 0.548. The number of unbranched alkanes of at least 4 members (excludes halogenated alkanes) is 8. The molecule has 0 bridgehead atoms. The number of hydrogen-bond acceptors (Lipinski definition) is 7. The van der Waals surface area contributed by atoms with Gasteiger partial charge >= 0.3 is 11.9 Å². The van der Waals surface area contributed by atoms with Crippen LogP contribution in [0.3, 0.4) is 0 Å². The van der Waals surface area contributed by atoms with Gasteiger partial charge in [0.2, 0.25) is 0 Å². The van der Waals surface area contributed by atoms with Crippen molar-refractivity contribution in [2.45, 2.75) is 96.0 Å². The first-order valence-electron chi connectivity index (χ1n) is 14.2. The van der Waals surface area contributed by atoms with Gasteiger partial charge in [0.05, 0.1) is 31.2 Å². The van der Waals surface area contributed by atoms with Gasteiger partial charge in [-0.05, 0) is 50.7 Å². The number of benzene rings is 1. The Morgan fingerprint density at radius 2 is 1.39 bits per heavy atom. The zero-order valence-electron chi connectivity index (χ0n) is 22.6. The zero-order chi connectivity index (χ0) is 26.8. The third kappa shape index (κ3) is 11.0. The summed E-state index contributed by atoms with van der Waals surface area (Å²) in [5.41, 5.74) is 1.41. The third-order valence-electron chi connectivity index (χ3n) is 6.80. The molecule has 7 heteroatoms. The lowest BCUT2D eigenvalue weighted by Gasteiger charge is -2.21. The van der Waals surface area contributed by atoms with Crippen LogP contribution in [0, 0.1) is 0 Å². The molecular weight excluding hydrogens is 480 g/mol. The third-order valence-corrected chi connectivity index (χ3v) is 6.80. The second-order valence-electron chi connectivity index (χ2n) is 9.89. The molecule has 1 aromatic heterocycles. The first-order chi connectivity index (χ1) is 18.7. The van der Waals surface area contributed by atoms with Crippen LogP contribution in [0.5, 0.6) is 5.75 Å². The van der Waals surface area contributed by atoms with Crippen LogP contribution < -0.4 is 4.74 Å². The Kier molecular flexibility index (Phi) is 13.4. The average Bonchev–Trinajstić information content (AvgIpc) is 2.96. The molecule has 7 nitrogen and oxygen atoms in total. The highest BCUT2D eigenvalue weighted by atomic mass is 16.5. The molecule has 1 aliphatic carbocycles. The fourth-order valence-corrected chi connectivity index (χ4v) is 4.56. The van der Waals surface area contributed by atoms with E-state index in [1.54, 1.807) is 24.5 Å². The molecule has 1 saturated carbocycles. The number of carbonyl (C=O) groups excluding carboxylic acids is 2. The zero-order valence-corrected chi connectivity index (χ0v) is 22.6. The summed E-state index contributed by atoms with van der Waals surface area (Å²) in [4.78, 5) is 32.2. The molecule has 38 heavy (non-hydrogen) atoms. The van der Waals surface area contributed by atoms with Crippen molar-refractivity contribution < 1.29 is 23.8 Å². The van der Waals surface area contributed by atoms with Crippen LogP contribution in [0.1, 0.15) is 100 Å². The van der Waals surface area contributed by atoms with Gasteiger partial charge in [-0.25, -0.2) is 19.6 Å². The quantitative estimate of drug-likeness (QED) is 0.123. The number of aromatic nitrogens is 2. The van der Waals surface area contributed by atoms with E-state index in [1.165, 1.54) is 44.6 Å². The Hall–Kier alpha value is -3.22. The molecule has 1 aliphatic rings. The van der Waals surface area contributed by atoms with Crippen LogP contribution in [-0.4, -0.2) is 41.2 Å². The van der Waals surface area contributed by atoms with Gasteiger partial charge in [-0.15, -0.1) is 0 Å². The highest BCUT2D eigenvalue weighted by Gasteiger charge is 2.18. The number of ether oxygens (including phenoxy) is 3. The van der Waals surface area contributed by atoms with E-state index in [4.69, 9.17) is 14.2 Å². The summed E-state index contributed by atoms with van der Waals surface area (Å²) >= 11 is 0. The molecule has 0 N–H and O–H groups in total. The lowest BCUT2D eigenvalue weighted by molar-refractivity contribution is -0.137. The molecule has 1 fully saturated rings. The molecule has 2 aromatic rings. The van der Waals surface area contributed by atoms with Crippen molar-refractivity contribution in [3.8, 4) is 17.1 Å². The van der Waals surface area contributed by atoms with Crippen LogP contribution in [0.2, 0.25) is 0 Å². The van der Waals surface area contributed by atoms with Crippen molar-refractivity contribution >= 4 is 11.9 Å². The molecule has 0 spiro atoms. The number of nitrogens with zero attached hydrogens (tertiary/aromatic N) is 2. The minimum Gasteiger partial charge on any atom is -0.490 e. The van der Waals surface area contributed by atoms with Gasteiger partial charge in [-0.2, -0.15) is 0 Å². The van der Waals surface area contributed by atoms with E-state index < -0.39 is 0 Å². The normalized spacial score (nSPS) is 13.6. The highest BCUT2D eigenvalue weighted by Crippen LogP contribution is 2.23. The van der Waals surface area contributed by atoms with E-state index in [9.17, 15) is 9.59 Å². The standard InChI is InChI=1S/C31H42N2O5/c1-2-29(34)37-22-14-9-7-5-3-4-6-8-13-21-36-28-23-32-30(33-24-28)25-17-19-26(20-18-25)31(35)38-27-15-11-10-12-16-27/h2,17-20,23-24,27H,1,3-16,21-22H2. The van der Waals surface area contributed by atoms with Gasteiger partial charge in [0.15, 0.2) is 11.6 Å². The molecule has 1 heterocycles. The van der Waals surface area contributed by atoms with Gasteiger partial charge in [0.25, 0.3) is 0 Å². The maximum absolute atomic E-state index is 12.4. The molecule has 3 rings (SSSR count). The second-order valence-corrected chi connectivity index (χ2v) is 9.89. The van der Waals surface area contributed by atoms with Gasteiger partial charge in [-0.3, -0.25) is 0 Å². The summed E-state index contributed by atoms with van der Waals surface area (Å²) in [5.74, 6) is 0.672. The van der Waals surface area contributed by atoms with E-state index in [-0.39, 0.29) is 18.0 Å². The van der Waals surface area contributed by atoms with Crippen LogP contribution >= 0.6 is 0 Å². The predicted molar refractivity (Wildman–Crippen MR) is 148 cm³/mol. The Morgan fingerprint density at radius 1 is 0.816 bits per heavy atom. The van der Waals surface area contributed by atoms with Crippen molar-refractivity contribution in [3.63, 3.8) is 0 Å². The SMILES string of the molecule is C=CC(=O)OCCCCCCCCCCCOc1cnc(-c2ccc(C(=O)OC3CCCCC3)cc2)nc1. The van der Waals surface area contributed by atoms with Crippen LogP contribution in [0.4, 0.5) is 0 Å². The molecule has 0 radical (unpaired) electrons. The summed E-state index contributed by atoms with van der Waals surface area (Å²) in [5, 5.41) is 0. The minimum atomic E-state index is -0.338. The number of hydrogen-bond donors (Lipinski definition) is 0. The molecule has 206 valence electrons. The predicted octanol–water partition coefficient (Wildman–Crippen LogP) is 7.25. The molecular formula is C31H42N2O5. The van der Waals surface area contributed by atoms with E-state index in [2.05, 4.69) is 16.5 Å². The lowest BCUT2D eigenvalue weighted by Crippen LogP contribution is -2.20. The van der Waals surface area contributed by atoms with Crippen molar-refractivity contribution in [2.75, 3.05) is 13.2 Å². The molecule has 0 atom stereocenters. The van der Waals surface area contributed by atoms with Gasteiger partial charge in [-0.1, -0.05) is 70.1 Å². The number of esters is 2. The van der Waals surface area contributed by atoms with E-state index in [0.29, 0.717) is 30.4 Å². The molecule has 0 amide bonds. The first kappa shape index (κ1) is 29.3. The minimum absolute atomic E-state index is 0.0520. The maximum Gasteiger partial charge on any atom is 0.338 e. The molecule has 0 unspecified atom stereocenters. The Labute approximate surface area is 227 Å². The summed E-state index contributed by atoms with van der Waals surface area (Å²) < 4.78 is 16.4. The summed E-state index contributed by atoms with van der Waals surface area (Å²) in [7, 11) is 0.